The molecule has 0 nitrogen and oxygen atoms in total. The van der Waals surface area contributed by atoms with Crippen molar-refractivity contribution in [3.8, 4) is 0 Å². The molecule has 0 aliphatic heterocycles. The van der Waals surface area contributed by atoms with Crippen molar-refractivity contribution < 1.29 is 57.9 Å². The summed E-state index contributed by atoms with van der Waals surface area (Å²) in [5.74, 6) is 0. The van der Waals surface area contributed by atoms with E-state index in [1.807, 2.05) is 0 Å². The van der Waals surface area contributed by atoms with Gasteiger partial charge in [-0.2, -0.15) is 0 Å². The van der Waals surface area contributed by atoms with Crippen molar-refractivity contribution in [3.05, 3.63) is 0 Å². The molecule has 4 heavy (non-hydrogen) atoms. The van der Waals surface area contributed by atoms with Gasteiger partial charge in [0.2, 0.25) is 0 Å². The normalized spacial score (nSPS) is 0. The molecule has 0 fully saturated rings. The smallest absolute Gasteiger partial charge is 0 e. The van der Waals surface area contributed by atoms with Gasteiger partial charge in [-0.15, -0.1) is 0 Å². The molecular weight excluding hydrogens is 281 g/mol. The summed E-state index contributed by atoms with van der Waals surface area (Å²) in [4.78, 5) is 0. The van der Waals surface area contributed by atoms with E-state index in [1.165, 1.54) is 0 Å². The molecule has 0 amide bonds. The minimum Gasteiger partial charge on any atom is 0 e. The van der Waals surface area contributed by atoms with Crippen molar-refractivity contribution >= 4 is 28.2 Å². The van der Waals surface area contributed by atoms with Gasteiger partial charge in [0.05, 0.1) is 0 Å². The maximum Gasteiger partial charge on any atom is 0 e. The van der Waals surface area contributed by atoms with Gasteiger partial charge in [0.25, 0.3) is 0 Å². The second-order valence-electron chi connectivity index (χ2n) is 0. The van der Waals surface area contributed by atoms with E-state index in [0.29, 0.717) is 0 Å². The van der Waals surface area contributed by atoms with Crippen molar-refractivity contribution in [2.24, 2.45) is 0 Å². The molecular formula is H3BFeGaNd. The average Bonchev–Trinajstić information content (AvgIpc) is 0. The third-order valence-corrected chi connectivity index (χ3v) is 0. The van der Waals surface area contributed by atoms with Crippen LogP contribution in [0.2, 0.25) is 0 Å². The second kappa shape index (κ2) is 17.6. The molecule has 0 aliphatic rings. The summed E-state index contributed by atoms with van der Waals surface area (Å²) in [6, 6.07) is 0. The Morgan fingerprint density at radius 3 is 1.00 bits per heavy atom. The monoisotopic (exact) mass is 281 g/mol. The van der Waals surface area contributed by atoms with Gasteiger partial charge in [0.1, 0.15) is 0 Å². The summed E-state index contributed by atoms with van der Waals surface area (Å²) >= 11 is 0. The van der Waals surface area contributed by atoms with Gasteiger partial charge in [-0.05, 0) is 0 Å². The van der Waals surface area contributed by atoms with E-state index in [0.717, 1.165) is 0 Å². The third kappa shape index (κ3) is 8.82. The molecule has 0 spiro atoms. The molecule has 0 bridgehead atoms. The van der Waals surface area contributed by atoms with E-state index in [9.17, 15) is 0 Å². The molecule has 0 aromatic rings. The minimum atomic E-state index is 0. The molecule has 0 saturated heterocycles. The van der Waals surface area contributed by atoms with Gasteiger partial charge in [-0.1, -0.05) is 0 Å². The molecule has 21 valence electrons. The third-order valence-electron chi connectivity index (χ3n) is 0. The molecule has 0 saturated carbocycles. The largest absolute Gasteiger partial charge is 0 e. The molecule has 0 N–H and O–H groups in total. The fourth-order valence-corrected chi connectivity index (χ4v) is 0. The Kier molecular flexibility index (Phi) is 136. The fourth-order valence-electron chi connectivity index (χ4n) is 0. The summed E-state index contributed by atoms with van der Waals surface area (Å²) < 4.78 is 0. The molecule has 0 aromatic heterocycles. The van der Waals surface area contributed by atoms with Crippen LogP contribution in [-0.4, -0.2) is 28.2 Å². The van der Waals surface area contributed by atoms with Crippen LogP contribution in [0, 0.1) is 40.8 Å². The van der Waals surface area contributed by atoms with Crippen LogP contribution in [0.5, 0.6) is 0 Å². The fraction of sp³-hybridized carbons (Fsp3) is 0. The van der Waals surface area contributed by atoms with Gasteiger partial charge < -0.3 is 0 Å². The van der Waals surface area contributed by atoms with Crippen LogP contribution < -0.4 is 0 Å². The number of hydrogen-bond acceptors (Lipinski definition) is 0. The SMILES string of the molecule is [B].[Fe].[GaH3].[Nd]. The van der Waals surface area contributed by atoms with Crippen LogP contribution in [0.25, 0.3) is 0 Å². The Morgan fingerprint density at radius 1 is 1.00 bits per heavy atom. The van der Waals surface area contributed by atoms with E-state index in [4.69, 9.17) is 0 Å². The van der Waals surface area contributed by atoms with Crippen LogP contribution in [0.1, 0.15) is 0 Å². The van der Waals surface area contributed by atoms with Crippen LogP contribution in [0.15, 0.2) is 0 Å². The maximum atomic E-state index is 0. The Hall–Kier alpha value is 2.57. The molecule has 0 heterocycles. The van der Waals surface area contributed by atoms with Crippen molar-refractivity contribution in [1.29, 1.82) is 0 Å². The van der Waals surface area contributed by atoms with Crippen LogP contribution in [-0.2, 0) is 17.1 Å². The predicted octanol–water partition coefficient (Wildman–Crippen LogP) is -1.57. The first-order valence-electron chi connectivity index (χ1n) is 0. The van der Waals surface area contributed by atoms with Gasteiger partial charge in [-0.3, -0.25) is 0 Å². The first kappa shape index (κ1) is 30.8. The van der Waals surface area contributed by atoms with Crippen LogP contribution in [0.4, 0.5) is 0 Å². The molecule has 3 radical (unpaired) electrons. The van der Waals surface area contributed by atoms with Gasteiger partial charge >= 0.3 is 19.8 Å². The topological polar surface area (TPSA) is 0 Å². The van der Waals surface area contributed by atoms with Crippen molar-refractivity contribution in [2.75, 3.05) is 0 Å². The summed E-state index contributed by atoms with van der Waals surface area (Å²) in [5, 5.41) is 0. The zero-order valence-electron chi connectivity index (χ0n) is 1.43. The predicted molar refractivity (Wildman–Crippen MR) is 15.7 cm³/mol. The van der Waals surface area contributed by atoms with Crippen molar-refractivity contribution in [1.82, 2.24) is 0 Å². The van der Waals surface area contributed by atoms with Gasteiger partial charge in [0, 0.05) is 66.3 Å². The van der Waals surface area contributed by atoms with Crippen molar-refractivity contribution in [2.45, 2.75) is 0 Å². The Bertz CT molecular complexity index is 8.00. The van der Waals surface area contributed by atoms with Crippen LogP contribution in [0.3, 0.4) is 0 Å². The Balaban J connectivity index is 0. The average molecular weight is 284 g/mol. The number of hydrogen-bond donors (Lipinski definition) is 0. The van der Waals surface area contributed by atoms with E-state index in [1.54, 1.807) is 0 Å². The van der Waals surface area contributed by atoms with E-state index >= 15 is 0 Å². The van der Waals surface area contributed by atoms with Crippen LogP contribution >= 0.6 is 0 Å². The van der Waals surface area contributed by atoms with Gasteiger partial charge in [-0.25, -0.2) is 0 Å². The summed E-state index contributed by atoms with van der Waals surface area (Å²) in [6.45, 7) is 0. The Labute approximate surface area is 84.5 Å². The second-order valence-corrected chi connectivity index (χ2v) is 0. The molecule has 0 aliphatic carbocycles. The number of rotatable bonds is 0. The van der Waals surface area contributed by atoms with E-state index in [2.05, 4.69) is 0 Å². The molecule has 0 unspecified atom stereocenters. The summed E-state index contributed by atoms with van der Waals surface area (Å²) in [5.41, 5.74) is 0. The van der Waals surface area contributed by atoms with E-state index in [-0.39, 0.29) is 86.1 Å². The van der Waals surface area contributed by atoms with Gasteiger partial charge in [0.15, 0.2) is 0 Å². The standard InChI is InChI=1S/B.Fe.Ga.Nd.3H. The maximum absolute atomic E-state index is 0. The molecule has 0 aromatic carbocycles. The quantitative estimate of drug-likeness (QED) is 0.472. The van der Waals surface area contributed by atoms with Crippen molar-refractivity contribution in [3.63, 3.8) is 0 Å². The first-order chi connectivity index (χ1) is 0. The zero-order valence-corrected chi connectivity index (χ0v) is 5.74. The minimum absolute atomic E-state index is 0. The summed E-state index contributed by atoms with van der Waals surface area (Å²) in [7, 11) is 0. The molecule has 0 rings (SSSR count). The molecule has 4 heteroatoms. The molecule has 0 atom stereocenters. The zero-order chi connectivity index (χ0) is 0. The summed E-state index contributed by atoms with van der Waals surface area (Å²) in [6.07, 6.45) is 0. The first-order valence-corrected chi connectivity index (χ1v) is 0. The van der Waals surface area contributed by atoms with E-state index < -0.39 is 0 Å². The Morgan fingerprint density at radius 2 is 1.00 bits per heavy atom.